The second-order valence-corrected chi connectivity index (χ2v) is 4.29. The van der Waals surface area contributed by atoms with Gasteiger partial charge in [0.15, 0.2) is 0 Å². The van der Waals surface area contributed by atoms with Gasteiger partial charge in [0.05, 0.1) is 6.61 Å². The van der Waals surface area contributed by atoms with Crippen molar-refractivity contribution in [1.29, 1.82) is 0 Å². The third-order valence-electron chi connectivity index (χ3n) is 1.99. The molecular formula is C9H17NO2S. The van der Waals surface area contributed by atoms with Gasteiger partial charge in [-0.2, -0.15) is 11.8 Å². The second kappa shape index (κ2) is 6.13. The molecule has 0 N–H and O–H groups in total. The Morgan fingerprint density at radius 1 is 1.46 bits per heavy atom. The summed E-state index contributed by atoms with van der Waals surface area (Å²) in [6.45, 7) is 4.34. The van der Waals surface area contributed by atoms with E-state index in [1.165, 1.54) is 0 Å². The molecule has 13 heavy (non-hydrogen) atoms. The standard InChI is InChI=1S/C9H17NO2S/c1-2-3-6-12-9(11)10-4-7-13-8-5-10/h2-8H2,1H3. The van der Waals surface area contributed by atoms with Crippen LogP contribution in [0.5, 0.6) is 0 Å². The van der Waals surface area contributed by atoms with Gasteiger partial charge >= 0.3 is 6.09 Å². The minimum Gasteiger partial charge on any atom is -0.449 e. The highest BCUT2D eigenvalue weighted by molar-refractivity contribution is 7.99. The van der Waals surface area contributed by atoms with Crippen molar-refractivity contribution in [2.24, 2.45) is 0 Å². The van der Waals surface area contributed by atoms with E-state index in [1.54, 1.807) is 4.90 Å². The number of carbonyl (C=O) groups is 1. The molecule has 4 heteroatoms. The van der Waals surface area contributed by atoms with Gasteiger partial charge in [-0.3, -0.25) is 0 Å². The van der Waals surface area contributed by atoms with Gasteiger partial charge in [-0.1, -0.05) is 13.3 Å². The zero-order valence-corrected chi connectivity index (χ0v) is 8.94. The fraction of sp³-hybridized carbons (Fsp3) is 0.889. The van der Waals surface area contributed by atoms with E-state index >= 15 is 0 Å². The molecule has 0 unspecified atom stereocenters. The summed E-state index contributed by atoms with van der Waals surface area (Å²) in [6, 6.07) is 0. The fourth-order valence-corrected chi connectivity index (χ4v) is 2.04. The summed E-state index contributed by atoms with van der Waals surface area (Å²) in [6.07, 6.45) is 1.91. The number of thioether (sulfide) groups is 1. The van der Waals surface area contributed by atoms with Crippen LogP contribution in [0, 0.1) is 0 Å². The summed E-state index contributed by atoms with van der Waals surface area (Å²) in [7, 11) is 0. The van der Waals surface area contributed by atoms with E-state index in [0.717, 1.165) is 37.4 Å². The summed E-state index contributed by atoms with van der Waals surface area (Å²) in [4.78, 5) is 13.2. The number of nitrogens with zero attached hydrogens (tertiary/aromatic N) is 1. The molecule has 0 saturated carbocycles. The Balaban J connectivity index is 2.13. The molecule has 0 aliphatic carbocycles. The van der Waals surface area contributed by atoms with Crippen molar-refractivity contribution in [3.63, 3.8) is 0 Å². The van der Waals surface area contributed by atoms with Crippen molar-refractivity contribution in [2.45, 2.75) is 19.8 Å². The van der Waals surface area contributed by atoms with E-state index in [-0.39, 0.29) is 6.09 Å². The molecule has 0 aromatic rings. The van der Waals surface area contributed by atoms with Gasteiger partial charge in [-0.05, 0) is 6.42 Å². The zero-order valence-electron chi connectivity index (χ0n) is 8.12. The number of carbonyl (C=O) groups excluding carboxylic acids is 1. The third kappa shape index (κ3) is 3.89. The number of rotatable bonds is 3. The van der Waals surface area contributed by atoms with Gasteiger partial charge in [0.25, 0.3) is 0 Å². The maximum atomic E-state index is 11.4. The normalized spacial score (nSPS) is 17.2. The molecule has 1 amide bonds. The molecule has 0 aromatic carbocycles. The topological polar surface area (TPSA) is 29.5 Å². The third-order valence-corrected chi connectivity index (χ3v) is 2.94. The number of amides is 1. The minimum absolute atomic E-state index is 0.131. The van der Waals surface area contributed by atoms with E-state index < -0.39 is 0 Å². The molecule has 3 nitrogen and oxygen atoms in total. The Labute approximate surface area is 83.8 Å². The number of hydrogen-bond donors (Lipinski definition) is 0. The molecule has 0 bridgehead atoms. The first kappa shape index (κ1) is 10.7. The number of hydrogen-bond acceptors (Lipinski definition) is 3. The van der Waals surface area contributed by atoms with Crippen molar-refractivity contribution in [3.05, 3.63) is 0 Å². The highest BCUT2D eigenvalue weighted by atomic mass is 32.2. The first-order valence-electron chi connectivity index (χ1n) is 4.84. The van der Waals surface area contributed by atoms with Gasteiger partial charge in [0, 0.05) is 24.6 Å². The average Bonchev–Trinajstić information content (AvgIpc) is 2.19. The van der Waals surface area contributed by atoms with Crippen LogP contribution in [0.25, 0.3) is 0 Å². The molecule has 1 heterocycles. The van der Waals surface area contributed by atoms with Crippen LogP contribution in [-0.2, 0) is 4.74 Å². The molecular weight excluding hydrogens is 186 g/mol. The van der Waals surface area contributed by atoms with Gasteiger partial charge in [-0.15, -0.1) is 0 Å². The SMILES string of the molecule is CCCCOC(=O)N1CCSCC1. The maximum Gasteiger partial charge on any atom is 0.409 e. The molecule has 1 aliphatic heterocycles. The summed E-state index contributed by atoms with van der Waals surface area (Å²) < 4.78 is 5.10. The van der Waals surface area contributed by atoms with Crippen LogP contribution in [0.3, 0.4) is 0 Å². The Bertz CT molecular complexity index is 158. The Morgan fingerprint density at radius 3 is 2.77 bits per heavy atom. The minimum atomic E-state index is -0.131. The predicted octanol–water partition coefficient (Wildman–Crippen LogP) is 1.97. The first-order chi connectivity index (χ1) is 6.34. The lowest BCUT2D eigenvalue weighted by Gasteiger charge is -2.25. The first-order valence-corrected chi connectivity index (χ1v) is 5.99. The van der Waals surface area contributed by atoms with E-state index in [1.807, 2.05) is 11.8 Å². The number of ether oxygens (including phenoxy) is 1. The van der Waals surface area contributed by atoms with E-state index in [2.05, 4.69) is 6.92 Å². The lowest BCUT2D eigenvalue weighted by molar-refractivity contribution is 0.105. The van der Waals surface area contributed by atoms with Crippen LogP contribution >= 0.6 is 11.8 Å². The van der Waals surface area contributed by atoms with Crippen molar-refractivity contribution < 1.29 is 9.53 Å². The number of unbranched alkanes of at least 4 members (excludes halogenated alkanes) is 1. The Hall–Kier alpha value is -0.380. The largest absolute Gasteiger partial charge is 0.449 e. The second-order valence-electron chi connectivity index (χ2n) is 3.07. The molecule has 76 valence electrons. The smallest absolute Gasteiger partial charge is 0.409 e. The summed E-state index contributed by atoms with van der Waals surface area (Å²) in [5, 5.41) is 0. The molecule has 0 radical (unpaired) electrons. The Kier molecular flexibility index (Phi) is 5.05. The van der Waals surface area contributed by atoms with Crippen LogP contribution in [-0.4, -0.2) is 42.2 Å². The van der Waals surface area contributed by atoms with Gasteiger partial charge < -0.3 is 9.64 Å². The quantitative estimate of drug-likeness (QED) is 0.657. The van der Waals surface area contributed by atoms with Crippen molar-refractivity contribution in [2.75, 3.05) is 31.2 Å². The van der Waals surface area contributed by atoms with Gasteiger partial charge in [0.2, 0.25) is 0 Å². The summed E-state index contributed by atoms with van der Waals surface area (Å²) >= 11 is 1.89. The maximum absolute atomic E-state index is 11.4. The van der Waals surface area contributed by atoms with Gasteiger partial charge in [0.1, 0.15) is 0 Å². The molecule has 1 rings (SSSR count). The van der Waals surface area contributed by atoms with Crippen molar-refractivity contribution in [3.8, 4) is 0 Å². The molecule has 0 aromatic heterocycles. The highest BCUT2D eigenvalue weighted by Crippen LogP contribution is 2.10. The molecule has 1 aliphatic rings. The van der Waals surface area contributed by atoms with Crippen LogP contribution < -0.4 is 0 Å². The van der Waals surface area contributed by atoms with Crippen molar-refractivity contribution in [1.82, 2.24) is 4.90 Å². The molecule has 1 fully saturated rings. The molecule has 0 atom stereocenters. The monoisotopic (exact) mass is 203 g/mol. The van der Waals surface area contributed by atoms with Gasteiger partial charge in [-0.25, -0.2) is 4.79 Å². The zero-order chi connectivity index (χ0) is 9.52. The fourth-order valence-electron chi connectivity index (χ4n) is 1.14. The van der Waals surface area contributed by atoms with Crippen molar-refractivity contribution >= 4 is 17.9 Å². The van der Waals surface area contributed by atoms with E-state index in [9.17, 15) is 4.79 Å². The van der Waals surface area contributed by atoms with Crippen LogP contribution in [0.1, 0.15) is 19.8 Å². The molecule has 1 saturated heterocycles. The lowest BCUT2D eigenvalue weighted by Crippen LogP contribution is -2.38. The lowest BCUT2D eigenvalue weighted by atomic mass is 10.4. The van der Waals surface area contributed by atoms with Crippen LogP contribution in [0.4, 0.5) is 4.79 Å². The highest BCUT2D eigenvalue weighted by Gasteiger charge is 2.17. The summed E-state index contributed by atoms with van der Waals surface area (Å²) in [5.41, 5.74) is 0. The predicted molar refractivity (Wildman–Crippen MR) is 55.2 cm³/mol. The van der Waals surface area contributed by atoms with E-state index in [0.29, 0.717) is 6.61 Å². The van der Waals surface area contributed by atoms with Crippen LogP contribution in [0.2, 0.25) is 0 Å². The average molecular weight is 203 g/mol. The van der Waals surface area contributed by atoms with Crippen LogP contribution in [0.15, 0.2) is 0 Å². The Morgan fingerprint density at radius 2 is 2.15 bits per heavy atom. The summed E-state index contributed by atoms with van der Waals surface area (Å²) in [5.74, 6) is 2.09. The van der Waals surface area contributed by atoms with E-state index in [4.69, 9.17) is 4.74 Å². The molecule has 0 spiro atoms.